The molecule has 0 aliphatic carbocycles. The molecule has 0 radical (unpaired) electrons. The third-order valence-electron chi connectivity index (χ3n) is 3.55. The maximum atomic E-state index is 11.7. The minimum Gasteiger partial charge on any atom is -0.396 e. The number of hydrogen-bond donors (Lipinski definition) is 2. The molecule has 2 aliphatic heterocycles. The van der Waals surface area contributed by atoms with E-state index in [1.807, 2.05) is 0 Å². The molecule has 0 bridgehead atoms. The van der Waals surface area contributed by atoms with Crippen LogP contribution < -0.4 is 5.32 Å². The lowest BCUT2D eigenvalue weighted by Gasteiger charge is -2.16. The highest BCUT2D eigenvalue weighted by atomic mass is 16.5. The van der Waals surface area contributed by atoms with E-state index in [1.165, 1.54) is 0 Å². The Kier molecular flexibility index (Phi) is 4.76. The average molecular weight is 242 g/mol. The fraction of sp³-hybridized carbons (Fsp3) is 0.917. The fourth-order valence-corrected chi connectivity index (χ4v) is 2.50. The first kappa shape index (κ1) is 12.8. The molecule has 5 nitrogen and oxygen atoms in total. The van der Waals surface area contributed by atoms with Crippen LogP contribution in [0.4, 0.5) is 0 Å². The van der Waals surface area contributed by atoms with Gasteiger partial charge in [-0.05, 0) is 31.7 Å². The van der Waals surface area contributed by atoms with Gasteiger partial charge >= 0.3 is 0 Å². The smallest absolute Gasteiger partial charge is 0.234 e. The second kappa shape index (κ2) is 6.33. The Labute approximate surface area is 102 Å². The van der Waals surface area contributed by atoms with Crippen LogP contribution >= 0.6 is 0 Å². The number of carbonyl (C=O) groups is 1. The van der Waals surface area contributed by atoms with Crippen LogP contribution in [0.3, 0.4) is 0 Å². The molecule has 17 heavy (non-hydrogen) atoms. The zero-order chi connectivity index (χ0) is 12.1. The van der Waals surface area contributed by atoms with Crippen molar-refractivity contribution in [3.8, 4) is 0 Å². The SMILES string of the molecule is O=C(CN1CC[C@@H](CO)C1)NC[C@@H]1CCCO1. The number of likely N-dealkylation sites (tertiary alicyclic amines) is 1. The molecule has 0 spiro atoms. The zero-order valence-corrected chi connectivity index (χ0v) is 10.2. The molecule has 1 amide bonds. The third kappa shape index (κ3) is 3.94. The van der Waals surface area contributed by atoms with Gasteiger partial charge in [0.1, 0.15) is 0 Å². The number of aliphatic hydroxyl groups is 1. The number of nitrogens with zero attached hydrogens (tertiary/aromatic N) is 1. The molecule has 2 fully saturated rings. The normalized spacial score (nSPS) is 29.7. The molecule has 0 aromatic heterocycles. The molecule has 2 N–H and O–H groups in total. The van der Waals surface area contributed by atoms with E-state index in [4.69, 9.17) is 9.84 Å². The Morgan fingerprint density at radius 1 is 1.47 bits per heavy atom. The molecule has 2 heterocycles. The van der Waals surface area contributed by atoms with Crippen molar-refractivity contribution in [2.75, 3.05) is 39.4 Å². The molecule has 2 saturated heterocycles. The summed E-state index contributed by atoms with van der Waals surface area (Å²) >= 11 is 0. The van der Waals surface area contributed by atoms with Gasteiger partial charge in [-0.1, -0.05) is 0 Å². The van der Waals surface area contributed by atoms with Gasteiger partial charge in [-0.2, -0.15) is 0 Å². The van der Waals surface area contributed by atoms with Crippen molar-refractivity contribution in [2.45, 2.75) is 25.4 Å². The van der Waals surface area contributed by atoms with Crippen LogP contribution in [-0.4, -0.2) is 61.4 Å². The fourth-order valence-electron chi connectivity index (χ4n) is 2.50. The number of hydrogen-bond acceptors (Lipinski definition) is 4. The highest BCUT2D eigenvalue weighted by Crippen LogP contribution is 2.14. The van der Waals surface area contributed by atoms with Crippen molar-refractivity contribution in [1.82, 2.24) is 10.2 Å². The Balaban J connectivity index is 1.60. The molecule has 5 heteroatoms. The van der Waals surface area contributed by atoms with E-state index in [9.17, 15) is 4.79 Å². The summed E-state index contributed by atoms with van der Waals surface area (Å²) in [5.41, 5.74) is 0. The summed E-state index contributed by atoms with van der Waals surface area (Å²) in [5.74, 6) is 0.417. The lowest BCUT2D eigenvalue weighted by molar-refractivity contribution is -0.122. The summed E-state index contributed by atoms with van der Waals surface area (Å²) in [4.78, 5) is 13.8. The van der Waals surface area contributed by atoms with Gasteiger partial charge in [-0.15, -0.1) is 0 Å². The maximum Gasteiger partial charge on any atom is 0.234 e. The topological polar surface area (TPSA) is 61.8 Å². The van der Waals surface area contributed by atoms with E-state index >= 15 is 0 Å². The summed E-state index contributed by atoms with van der Waals surface area (Å²) in [6.07, 6.45) is 3.36. The van der Waals surface area contributed by atoms with Crippen molar-refractivity contribution in [3.63, 3.8) is 0 Å². The molecule has 0 aromatic carbocycles. The van der Waals surface area contributed by atoms with Crippen molar-refractivity contribution in [2.24, 2.45) is 5.92 Å². The summed E-state index contributed by atoms with van der Waals surface area (Å²) in [6, 6.07) is 0. The van der Waals surface area contributed by atoms with E-state index in [2.05, 4.69) is 10.2 Å². The van der Waals surface area contributed by atoms with Gasteiger partial charge in [-0.3, -0.25) is 9.69 Å². The molecule has 98 valence electrons. The molecule has 0 saturated carbocycles. The van der Waals surface area contributed by atoms with Crippen molar-refractivity contribution < 1.29 is 14.6 Å². The van der Waals surface area contributed by atoms with E-state index < -0.39 is 0 Å². The van der Waals surface area contributed by atoms with E-state index in [-0.39, 0.29) is 18.6 Å². The number of nitrogens with one attached hydrogen (secondary N) is 1. The maximum absolute atomic E-state index is 11.7. The van der Waals surface area contributed by atoms with Gasteiger partial charge < -0.3 is 15.2 Å². The van der Waals surface area contributed by atoms with Gasteiger partial charge in [-0.25, -0.2) is 0 Å². The zero-order valence-electron chi connectivity index (χ0n) is 10.2. The largest absolute Gasteiger partial charge is 0.396 e. The monoisotopic (exact) mass is 242 g/mol. The molecular weight excluding hydrogens is 220 g/mol. The lowest BCUT2D eigenvalue weighted by Crippen LogP contribution is -2.39. The van der Waals surface area contributed by atoms with Crippen LogP contribution in [0.1, 0.15) is 19.3 Å². The third-order valence-corrected chi connectivity index (χ3v) is 3.55. The Bertz CT molecular complexity index is 254. The molecule has 2 aliphatic rings. The van der Waals surface area contributed by atoms with Gasteiger partial charge in [0.25, 0.3) is 0 Å². The van der Waals surface area contributed by atoms with Gasteiger partial charge in [0, 0.05) is 26.3 Å². The Morgan fingerprint density at radius 3 is 3.00 bits per heavy atom. The predicted octanol–water partition coefficient (Wildman–Crippen LogP) is -0.404. The second-order valence-corrected chi connectivity index (χ2v) is 5.01. The van der Waals surface area contributed by atoms with Gasteiger partial charge in [0.2, 0.25) is 5.91 Å². The van der Waals surface area contributed by atoms with Crippen LogP contribution in [0, 0.1) is 5.92 Å². The van der Waals surface area contributed by atoms with Crippen LogP contribution in [0.15, 0.2) is 0 Å². The molecule has 0 aromatic rings. The Morgan fingerprint density at radius 2 is 2.35 bits per heavy atom. The van der Waals surface area contributed by atoms with E-state index in [0.717, 1.165) is 39.0 Å². The van der Waals surface area contributed by atoms with Gasteiger partial charge in [0.15, 0.2) is 0 Å². The number of ether oxygens (including phenoxy) is 1. The predicted molar refractivity (Wildman–Crippen MR) is 63.6 cm³/mol. The van der Waals surface area contributed by atoms with E-state index in [0.29, 0.717) is 19.0 Å². The van der Waals surface area contributed by atoms with Crippen molar-refractivity contribution in [1.29, 1.82) is 0 Å². The van der Waals surface area contributed by atoms with Crippen LogP contribution in [0.25, 0.3) is 0 Å². The van der Waals surface area contributed by atoms with E-state index in [1.54, 1.807) is 0 Å². The minimum atomic E-state index is 0.0686. The van der Waals surface area contributed by atoms with Gasteiger partial charge in [0.05, 0.1) is 12.6 Å². The highest BCUT2D eigenvalue weighted by Gasteiger charge is 2.23. The summed E-state index contributed by atoms with van der Waals surface area (Å²) in [7, 11) is 0. The summed E-state index contributed by atoms with van der Waals surface area (Å²) < 4.78 is 5.45. The molecular formula is C12H22N2O3. The Hall–Kier alpha value is -0.650. The quantitative estimate of drug-likeness (QED) is 0.688. The first-order chi connectivity index (χ1) is 8.28. The first-order valence-electron chi connectivity index (χ1n) is 6.49. The average Bonchev–Trinajstić information content (AvgIpc) is 2.97. The highest BCUT2D eigenvalue weighted by molar-refractivity contribution is 5.78. The first-order valence-corrected chi connectivity index (χ1v) is 6.49. The number of carbonyl (C=O) groups excluding carboxylic acids is 1. The molecule has 0 unspecified atom stereocenters. The summed E-state index contributed by atoms with van der Waals surface area (Å²) in [6.45, 7) is 3.89. The molecule has 2 rings (SSSR count). The number of amides is 1. The minimum absolute atomic E-state index is 0.0686. The van der Waals surface area contributed by atoms with Crippen LogP contribution in [-0.2, 0) is 9.53 Å². The lowest BCUT2D eigenvalue weighted by atomic mass is 10.1. The van der Waals surface area contributed by atoms with Crippen molar-refractivity contribution >= 4 is 5.91 Å². The standard InChI is InChI=1S/C12H22N2O3/c15-9-10-3-4-14(7-10)8-12(16)13-6-11-2-1-5-17-11/h10-11,15H,1-9H2,(H,13,16)/t10-,11+/m1/s1. The number of aliphatic hydroxyl groups excluding tert-OH is 1. The van der Waals surface area contributed by atoms with Crippen LogP contribution in [0.5, 0.6) is 0 Å². The van der Waals surface area contributed by atoms with Crippen LogP contribution in [0.2, 0.25) is 0 Å². The number of rotatable bonds is 5. The van der Waals surface area contributed by atoms with Crippen molar-refractivity contribution in [3.05, 3.63) is 0 Å². The summed E-state index contributed by atoms with van der Waals surface area (Å²) in [5, 5.41) is 11.9. The molecule has 2 atom stereocenters. The second-order valence-electron chi connectivity index (χ2n) is 5.01.